The fourth-order valence-corrected chi connectivity index (χ4v) is 3.44. The molecule has 1 aromatic carbocycles. The summed E-state index contributed by atoms with van der Waals surface area (Å²) in [6, 6.07) is 11.7. The average Bonchev–Trinajstić information content (AvgIpc) is 2.68. The lowest BCUT2D eigenvalue weighted by Gasteiger charge is -2.38. The summed E-state index contributed by atoms with van der Waals surface area (Å²) in [4.78, 5) is 18.7. The molecule has 1 aliphatic heterocycles. The number of ether oxygens (including phenoxy) is 2. The van der Waals surface area contributed by atoms with Crippen LogP contribution in [0.1, 0.15) is 22.3 Å². The van der Waals surface area contributed by atoms with E-state index in [0.29, 0.717) is 18.7 Å². The van der Waals surface area contributed by atoms with Crippen LogP contribution in [0.25, 0.3) is 0 Å². The highest BCUT2D eigenvalue weighted by atomic mass is 16.5. The molecule has 0 N–H and O–H groups in total. The smallest absolute Gasteiger partial charge is 0.255 e. The van der Waals surface area contributed by atoms with Crippen LogP contribution in [0.15, 0.2) is 48.8 Å². The van der Waals surface area contributed by atoms with Crippen LogP contribution in [-0.4, -0.2) is 49.2 Å². The fraction of sp³-hybridized carbons (Fsp3) is 0.400. The van der Waals surface area contributed by atoms with Gasteiger partial charge in [0, 0.05) is 38.5 Å². The first-order chi connectivity index (χ1) is 12.2. The summed E-state index contributed by atoms with van der Waals surface area (Å²) in [7, 11) is 3.42. The summed E-state index contributed by atoms with van der Waals surface area (Å²) in [5, 5.41) is 0. The number of amides is 1. The van der Waals surface area contributed by atoms with Gasteiger partial charge >= 0.3 is 0 Å². The summed E-state index contributed by atoms with van der Waals surface area (Å²) in [6.45, 7) is 1.41. The van der Waals surface area contributed by atoms with Crippen molar-refractivity contribution in [2.75, 3.05) is 27.3 Å². The predicted molar refractivity (Wildman–Crippen MR) is 95.7 cm³/mol. The predicted octanol–water partition coefficient (Wildman–Crippen LogP) is 2.81. The zero-order valence-electron chi connectivity index (χ0n) is 14.7. The van der Waals surface area contributed by atoms with E-state index in [2.05, 4.69) is 17.1 Å². The highest BCUT2D eigenvalue weighted by Gasteiger charge is 2.32. The van der Waals surface area contributed by atoms with Crippen molar-refractivity contribution in [3.05, 3.63) is 59.9 Å². The highest BCUT2D eigenvalue weighted by molar-refractivity contribution is 5.93. The highest BCUT2D eigenvalue weighted by Crippen LogP contribution is 2.25. The molecule has 1 aromatic heterocycles. The van der Waals surface area contributed by atoms with E-state index < -0.39 is 0 Å². The maximum atomic E-state index is 12.7. The van der Waals surface area contributed by atoms with Gasteiger partial charge in [-0.2, -0.15) is 0 Å². The second kappa shape index (κ2) is 8.12. The Bertz CT molecular complexity index is 688. The summed E-state index contributed by atoms with van der Waals surface area (Å²) < 4.78 is 10.9. The lowest BCUT2D eigenvalue weighted by atomic mass is 9.88. The SMILES string of the molecule is COc1ccc(C[C@H]2CN(C(=O)c3cccnc3)CC[C@@H]2OC)cc1. The molecule has 1 amide bonds. The normalized spacial score (nSPS) is 20.3. The minimum Gasteiger partial charge on any atom is -0.497 e. The molecule has 0 bridgehead atoms. The Labute approximate surface area is 148 Å². The molecule has 2 heterocycles. The van der Waals surface area contributed by atoms with Crippen molar-refractivity contribution in [3.63, 3.8) is 0 Å². The van der Waals surface area contributed by atoms with E-state index in [1.807, 2.05) is 23.1 Å². The molecule has 1 aliphatic rings. The molecule has 5 heteroatoms. The fourth-order valence-electron chi connectivity index (χ4n) is 3.44. The quantitative estimate of drug-likeness (QED) is 0.840. The summed E-state index contributed by atoms with van der Waals surface area (Å²) >= 11 is 0. The number of nitrogens with zero attached hydrogens (tertiary/aromatic N) is 2. The van der Waals surface area contributed by atoms with Crippen molar-refractivity contribution in [3.8, 4) is 5.75 Å². The van der Waals surface area contributed by atoms with Crippen molar-refractivity contribution in [2.24, 2.45) is 5.92 Å². The summed E-state index contributed by atoms with van der Waals surface area (Å²) in [6.07, 6.45) is 5.20. The van der Waals surface area contributed by atoms with Gasteiger partial charge in [0.25, 0.3) is 5.91 Å². The number of aromatic nitrogens is 1. The number of hydrogen-bond acceptors (Lipinski definition) is 4. The number of carbonyl (C=O) groups is 1. The van der Waals surface area contributed by atoms with E-state index in [0.717, 1.165) is 18.6 Å². The molecule has 0 aliphatic carbocycles. The number of rotatable bonds is 5. The third-order valence-corrected chi connectivity index (χ3v) is 4.82. The third kappa shape index (κ3) is 4.17. The average molecular weight is 340 g/mol. The molecule has 0 unspecified atom stereocenters. The van der Waals surface area contributed by atoms with Crippen LogP contribution in [0.5, 0.6) is 5.75 Å². The van der Waals surface area contributed by atoms with Gasteiger partial charge in [0.1, 0.15) is 5.75 Å². The van der Waals surface area contributed by atoms with Crippen molar-refractivity contribution < 1.29 is 14.3 Å². The first-order valence-corrected chi connectivity index (χ1v) is 8.56. The Morgan fingerprint density at radius 3 is 2.68 bits per heavy atom. The van der Waals surface area contributed by atoms with E-state index in [4.69, 9.17) is 9.47 Å². The number of piperidine rings is 1. The number of pyridine rings is 1. The maximum Gasteiger partial charge on any atom is 0.255 e. The number of methoxy groups -OCH3 is 2. The Morgan fingerprint density at radius 2 is 2.04 bits per heavy atom. The van der Waals surface area contributed by atoms with Gasteiger partial charge in [0.15, 0.2) is 0 Å². The first kappa shape index (κ1) is 17.4. The molecule has 0 saturated carbocycles. The Balaban J connectivity index is 1.70. The molecular weight excluding hydrogens is 316 g/mol. The number of benzene rings is 1. The van der Waals surface area contributed by atoms with Gasteiger partial charge in [0.05, 0.1) is 18.8 Å². The molecule has 0 radical (unpaired) electrons. The third-order valence-electron chi connectivity index (χ3n) is 4.82. The van der Waals surface area contributed by atoms with E-state index in [1.54, 1.807) is 32.7 Å². The summed E-state index contributed by atoms with van der Waals surface area (Å²) in [5.74, 6) is 1.17. The van der Waals surface area contributed by atoms with Gasteiger partial charge in [-0.25, -0.2) is 0 Å². The van der Waals surface area contributed by atoms with Gasteiger partial charge in [0.2, 0.25) is 0 Å². The van der Waals surface area contributed by atoms with Gasteiger partial charge in [-0.15, -0.1) is 0 Å². The lowest BCUT2D eigenvalue weighted by molar-refractivity contribution is -0.00300. The monoisotopic (exact) mass is 340 g/mol. The van der Waals surface area contributed by atoms with Gasteiger partial charge in [-0.05, 0) is 42.7 Å². The second-order valence-corrected chi connectivity index (χ2v) is 6.37. The topological polar surface area (TPSA) is 51.7 Å². The van der Waals surface area contributed by atoms with Gasteiger partial charge < -0.3 is 14.4 Å². The zero-order valence-corrected chi connectivity index (χ0v) is 14.7. The number of likely N-dealkylation sites (tertiary alicyclic amines) is 1. The Kier molecular flexibility index (Phi) is 5.66. The van der Waals surface area contributed by atoms with Gasteiger partial charge in [-0.1, -0.05) is 12.1 Å². The lowest BCUT2D eigenvalue weighted by Crippen LogP contribution is -2.47. The molecule has 5 nitrogen and oxygen atoms in total. The van der Waals surface area contributed by atoms with Crippen LogP contribution < -0.4 is 4.74 Å². The summed E-state index contributed by atoms with van der Waals surface area (Å²) in [5.41, 5.74) is 1.87. The van der Waals surface area contributed by atoms with E-state index in [-0.39, 0.29) is 17.9 Å². The van der Waals surface area contributed by atoms with E-state index in [9.17, 15) is 4.79 Å². The molecule has 3 rings (SSSR count). The molecule has 0 spiro atoms. The molecule has 2 atom stereocenters. The molecular formula is C20H24N2O3. The molecule has 132 valence electrons. The molecule has 25 heavy (non-hydrogen) atoms. The largest absolute Gasteiger partial charge is 0.497 e. The van der Waals surface area contributed by atoms with Crippen LogP contribution in [0.3, 0.4) is 0 Å². The van der Waals surface area contributed by atoms with E-state index >= 15 is 0 Å². The van der Waals surface area contributed by atoms with Gasteiger partial charge in [-0.3, -0.25) is 9.78 Å². The maximum absolute atomic E-state index is 12.7. The van der Waals surface area contributed by atoms with Crippen LogP contribution >= 0.6 is 0 Å². The first-order valence-electron chi connectivity index (χ1n) is 8.56. The van der Waals surface area contributed by atoms with Crippen molar-refractivity contribution >= 4 is 5.91 Å². The number of hydrogen-bond donors (Lipinski definition) is 0. The van der Waals surface area contributed by atoms with Crippen molar-refractivity contribution in [2.45, 2.75) is 18.9 Å². The minimum absolute atomic E-state index is 0.0439. The van der Waals surface area contributed by atoms with Crippen LogP contribution in [0.2, 0.25) is 0 Å². The minimum atomic E-state index is 0.0439. The van der Waals surface area contributed by atoms with Crippen molar-refractivity contribution in [1.82, 2.24) is 9.88 Å². The van der Waals surface area contributed by atoms with Crippen molar-refractivity contribution in [1.29, 1.82) is 0 Å². The Morgan fingerprint density at radius 1 is 1.24 bits per heavy atom. The van der Waals surface area contributed by atoms with Crippen LogP contribution in [-0.2, 0) is 11.2 Å². The number of carbonyl (C=O) groups excluding carboxylic acids is 1. The standard InChI is InChI=1S/C20H24N2O3/c1-24-18-7-5-15(6-8-18)12-17-14-22(11-9-19(17)25-2)20(23)16-4-3-10-21-13-16/h3-8,10,13,17,19H,9,11-12,14H2,1-2H3/t17-,19-/m0/s1. The second-order valence-electron chi connectivity index (χ2n) is 6.37. The van der Waals surface area contributed by atoms with Crippen LogP contribution in [0, 0.1) is 5.92 Å². The van der Waals surface area contributed by atoms with Crippen LogP contribution in [0.4, 0.5) is 0 Å². The molecule has 2 aromatic rings. The molecule has 1 fully saturated rings. The zero-order chi connectivity index (χ0) is 17.6. The van der Waals surface area contributed by atoms with E-state index in [1.165, 1.54) is 5.56 Å². The molecule has 1 saturated heterocycles. The Hall–Kier alpha value is -2.40.